The molecule has 3 rings (SSSR count). The van der Waals surface area contributed by atoms with Crippen LogP contribution in [0.2, 0.25) is 6.82 Å². The lowest BCUT2D eigenvalue weighted by Gasteiger charge is -2.33. The Bertz CT molecular complexity index is 850. The molecule has 11 heteroatoms. The summed E-state index contributed by atoms with van der Waals surface area (Å²) >= 11 is 3.60. The molecule has 7 nitrogen and oxygen atoms in total. The van der Waals surface area contributed by atoms with Crippen LogP contribution >= 0.6 is 15.9 Å². The van der Waals surface area contributed by atoms with Gasteiger partial charge in [-0.3, -0.25) is 4.90 Å². The standard InChI is InChI=1S/C17H20B3BrN4O3/c1-20(28)25(19-12-27)17-16(21)15-8-13(2-3-14(15)9-22-17)10-23-4-6-24(7-5-23)18-11-26/h2-3,8-9,11-12,28H,4-7,10H2,1H3. The molecular formula is C17H20B3BrN4O3. The van der Waals surface area contributed by atoms with Crippen molar-refractivity contribution in [1.82, 2.24) is 14.7 Å². The van der Waals surface area contributed by atoms with Gasteiger partial charge in [-0.15, -0.1) is 0 Å². The number of hydrogen-bond acceptors (Lipinski definition) is 7. The monoisotopic (exact) mass is 440 g/mol. The van der Waals surface area contributed by atoms with E-state index >= 15 is 0 Å². The highest BCUT2D eigenvalue weighted by molar-refractivity contribution is 9.10. The maximum absolute atomic E-state index is 10.9. The summed E-state index contributed by atoms with van der Waals surface area (Å²) in [5.74, 6) is 0.491. The lowest BCUT2D eigenvalue weighted by Crippen LogP contribution is -2.47. The van der Waals surface area contributed by atoms with Gasteiger partial charge < -0.3 is 24.1 Å². The highest BCUT2D eigenvalue weighted by atomic mass is 79.9. The van der Waals surface area contributed by atoms with Gasteiger partial charge in [-0.1, -0.05) is 12.1 Å². The third-order valence-corrected chi connectivity index (χ3v) is 5.61. The van der Waals surface area contributed by atoms with Crippen LogP contribution in [0.4, 0.5) is 5.82 Å². The second-order valence-corrected chi connectivity index (χ2v) is 7.53. The molecule has 2 heterocycles. The molecule has 1 N–H and O–H groups in total. The lowest BCUT2D eigenvalue weighted by molar-refractivity contribution is 0.183. The molecule has 1 aliphatic rings. The van der Waals surface area contributed by atoms with Crippen molar-refractivity contribution < 1.29 is 14.6 Å². The number of piperazine rings is 1. The van der Waals surface area contributed by atoms with Crippen molar-refractivity contribution in [3.05, 3.63) is 34.4 Å². The van der Waals surface area contributed by atoms with E-state index in [9.17, 15) is 14.6 Å². The summed E-state index contributed by atoms with van der Waals surface area (Å²) in [6.45, 7) is 5.88. The SMILES string of the molecule is CB(O)N([B]C=O)c1ncc2ccc(CN3CCN([B]C=O)CC3)cc2c1Br. The fraction of sp³-hybridized carbons (Fsp3) is 0.353. The van der Waals surface area contributed by atoms with E-state index in [1.807, 2.05) is 10.9 Å². The maximum Gasteiger partial charge on any atom is 0.397 e. The Kier molecular flexibility index (Phi) is 7.28. The highest BCUT2D eigenvalue weighted by Crippen LogP contribution is 2.32. The van der Waals surface area contributed by atoms with E-state index in [1.165, 1.54) is 17.7 Å². The zero-order valence-electron chi connectivity index (χ0n) is 15.7. The number of nitrogens with zero attached hydrogens (tertiary/aromatic N) is 4. The molecule has 1 aliphatic heterocycles. The van der Waals surface area contributed by atoms with Crippen molar-refractivity contribution in [3.8, 4) is 0 Å². The Labute approximate surface area is 174 Å². The predicted molar refractivity (Wildman–Crippen MR) is 118 cm³/mol. The Balaban J connectivity index is 1.81. The average Bonchev–Trinajstić information content (AvgIpc) is 2.69. The van der Waals surface area contributed by atoms with Gasteiger partial charge in [-0.2, -0.15) is 0 Å². The summed E-state index contributed by atoms with van der Waals surface area (Å²) in [7, 11) is 1.99. The van der Waals surface area contributed by atoms with Gasteiger partial charge in [0.15, 0.2) is 0 Å². The lowest BCUT2D eigenvalue weighted by atomic mass is 9.73. The van der Waals surface area contributed by atoms with Gasteiger partial charge in [0.2, 0.25) is 0 Å². The molecule has 1 aromatic carbocycles. The fourth-order valence-corrected chi connectivity index (χ4v) is 4.00. The molecule has 0 unspecified atom stereocenters. The summed E-state index contributed by atoms with van der Waals surface area (Å²) in [6, 6.07) is 6.22. The highest BCUT2D eigenvalue weighted by Gasteiger charge is 2.22. The Hall–Kier alpha value is -1.68. The minimum atomic E-state index is -0.880. The van der Waals surface area contributed by atoms with Crippen LogP contribution < -0.4 is 4.72 Å². The molecular weight excluding hydrogens is 421 g/mol. The van der Waals surface area contributed by atoms with Crippen molar-refractivity contribution in [2.24, 2.45) is 0 Å². The molecule has 1 aromatic heterocycles. The molecule has 0 aliphatic carbocycles. The minimum absolute atomic E-state index is 0.491. The molecule has 142 valence electrons. The molecule has 0 bridgehead atoms. The Morgan fingerprint density at radius 3 is 2.68 bits per heavy atom. The second kappa shape index (κ2) is 9.69. The number of benzene rings is 1. The zero-order chi connectivity index (χ0) is 20.1. The molecule has 28 heavy (non-hydrogen) atoms. The number of anilines is 1. The largest absolute Gasteiger partial charge is 0.433 e. The van der Waals surface area contributed by atoms with Crippen LogP contribution in [0.3, 0.4) is 0 Å². The maximum atomic E-state index is 10.9. The molecule has 2 aromatic rings. The number of hydrogen-bond donors (Lipinski definition) is 1. The van der Waals surface area contributed by atoms with Crippen LogP contribution in [0.5, 0.6) is 0 Å². The summed E-state index contributed by atoms with van der Waals surface area (Å²) in [5.41, 5.74) is 1.17. The first-order valence-electron chi connectivity index (χ1n) is 9.10. The first-order valence-corrected chi connectivity index (χ1v) is 9.90. The molecule has 1 fully saturated rings. The van der Waals surface area contributed by atoms with Gasteiger partial charge in [0, 0.05) is 49.7 Å². The van der Waals surface area contributed by atoms with E-state index in [0.717, 1.165) is 54.2 Å². The number of pyridine rings is 1. The van der Waals surface area contributed by atoms with Crippen molar-refractivity contribution in [2.75, 3.05) is 30.9 Å². The van der Waals surface area contributed by atoms with Gasteiger partial charge in [-0.25, -0.2) is 4.98 Å². The van der Waals surface area contributed by atoms with Crippen LogP contribution in [0.1, 0.15) is 5.56 Å². The van der Waals surface area contributed by atoms with Gasteiger partial charge >= 0.3 is 14.5 Å². The molecule has 1 saturated heterocycles. The van der Waals surface area contributed by atoms with Gasteiger partial charge in [0.05, 0.1) is 10.7 Å². The van der Waals surface area contributed by atoms with Crippen molar-refractivity contribution in [3.63, 3.8) is 0 Å². The summed E-state index contributed by atoms with van der Waals surface area (Å²) < 4.78 is 2.16. The quantitative estimate of drug-likeness (QED) is 0.477. The Morgan fingerprint density at radius 1 is 1.29 bits per heavy atom. The number of aromatic nitrogens is 1. The van der Waals surface area contributed by atoms with E-state index < -0.39 is 7.05 Å². The third-order valence-electron chi connectivity index (χ3n) is 4.83. The Morgan fingerprint density at radius 2 is 2.04 bits per heavy atom. The fourth-order valence-electron chi connectivity index (χ4n) is 3.34. The number of fused-ring (bicyclic) bond motifs is 1. The number of carbonyl (C=O) groups is 2. The molecule has 0 spiro atoms. The van der Waals surface area contributed by atoms with E-state index in [2.05, 4.69) is 37.9 Å². The van der Waals surface area contributed by atoms with Crippen LogP contribution in [0.15, 0.2) is 28.9 Å². The van der Waals surface area contributed by atoms with E-state index in [-0.39, 0.29) is 0 Å². The average molecular weight is 441 g/mol. The van der Waals surface area contributed by atoms with Crippen molar-refractivity contribution >= 4 is 66.8 Å². The summed E-state index contributed by atoms with van der Waals surface area (Å²) in [6.07, 6.45) is 3.20. The van der Waals surface area contributed by atoms with Crippen LogP contribution in [0.25, 0.3) is 10.8 Å². The molecule has 0 atom stereocenters. The van der Waals surface area contributed by atoms with Crippen LogP contribution in [-0.2, 0) is 16.1 Å². The van der Waals surface area contributed by atoms with E-state index in [0.29, 0.717) is 12.0 Å². The van der Waals surface area contributed by atoms with Crippen LogP contribution in [0, 0.1) is 0 Å². The number of carbonyl (C=O) groups excluding carboxylic acids is 2. The van der Waals surface area contributed by atoms with Crippen molar-refractivity contribution in [1.29, 1.82) is 0 Å². The van der Waals surface area contributed by atoms with Gasteiger partial charge in [0.1, 0.15) is 12.0 Å². The minimum Gasteiger partial charge on any atom is -0.433 e. The summed E-state index contributed by atoms with van der Waals surface area (Å²) in [4.78, 5) is 30.3. The van der Waals surface area contributed by atoms with Gasteiger partial charge in [0.25, 0.3) is 7.41 Å². The predicted octanol–water partition coefficient (Wildman–Crippen LogP) is 0.650. The number of halogens is 1. The summed E-state index contributed by atoms with van der Waals surface area (Å²) in [5, 5.41) is 11.9. The molecule has 2 radical (unpaired) electrons. The van der Waals surface area contributed by atoms with Gasteiger partial charge in [-0.05, 0) is 34.4 Å². The van der Waals surface area contributed by atoms with Crippen LogP contribution in [-0.4, -0.2) is 80.1 Å². The third kappa shape index (κ3) is 4.83. The number of rotatable bonds is 8. The first kappa shape index (κ1) is 21.0. The zero-order valence-corrected chi connectivity index (χ0v) is 17.2. The molecule has 0 amide bonds. The second-order valence-electron chi connectivity index (χ2n) is 6.74. The normalized spacial score (nSPS) is 15.2. The van der Waals surface area contributed by atoms with E-state index in [1.54, 1.807) is 20.4 Å². The topological polar surface area (TPSA) is 77.0 Å². The molecule has 0 saturated carbocycles. The van der Waals surface area contributed by atoms with E-state index in [4.69, 9.17) is 0 Å². The smallest absolute Gasteiger partial charge is 0.397 e. The first-order chi connectivity index (χ1) is 13.5. The van der Waals surface area contributed by atoms with Crippen molar-refractivity contribution in [2.45, 2.75) is 13.4 Å².